The Kier molecular flexibility index (Phi) is 6.78. The first-order valence-corrected chi connectivity index (χ1v) is 8.59. The topological polar surface area (TPSA) is 70.2 Å². The minimum absolute atomic E-state index is 0. The van der Waals surface area contributed by atoms with Crippen molar-refractivity contribution < 1.29 is 9.59 Å². The highest BCUT2D eigenvalue weighted by Crippen LogP contribution is 2.17. The molecule has 3 N–H and O–H groups in total. The molecule has 1 atom stereocenters. The molecule has 0 bridgehead atoms. The van der Waals surface area contributed by atoms with Gasteiger partial charge in [-0.3, -0.25) is 9.59 Å². The molecule has 1 aromatic carbocycles. The molecule has 3 rings (SSSR count). The Hall–Kier alpha value is -1.89. The van der Waals surface area contributed by atoms with Gasteiger partial charge in [0.2, 0.25) is 5.91 Å². The van der Waals surface area contributed by atoms with E-state index < -0.39 is 0 Å². The van der Waals surface area contributed by atoms with Gasteiger partial charge in [0.1, 0.15) is 0 Å². The van der Waals surface area contributed by atoms with Gasteiger partial charge in [-0.1, -0.05) is 12.5 Å². The van der Waals surface area contributed by atoms with E-state index in [4.69, 9.17) is 0 Å². The Balaban J connectivity index is 0.00000208. The van der Waals surface area contributed by atoms with Gasteiger partial charge in [-0.25, -0.2) is 0 Å². The number of rotatable bonds is 4. The van der Waals surface area contributed by atoms with Crippen LogP contribution in [0.5, 0.6) is 0 Å². The summed E-state index contributed by atoms with van der Waals surface area (Å²) in [4.78, 5) is 24.8. The van der Waals surface area contributed by atoms with Crippen molar-refractivity contribution >= 4 is 46.9 Å². The second-order valence-corrected chi connectivity index (χ2v) is 6.45. The van der Waals surface area contributed by atoms with E-state index in [1.807, 2.05) is 11.4 Å². The first-order valence-electron chi connectivity index (χ1n) is 7.71. The number of halogens is 1. The second kappa shape index (κ2) is 8.82. The summed E-state index contributed by atoms with van der Waals surface area (Å²) in [5.41, 5.74) is 1.44. The normalized spacial score (nSPS) is 16.8. The molecule has 1 aromatic heterocycles. The molecule has 1 saturated heterocycles. The second-order valence-electron chi connectivity index (χ2n) is 5.50. The number of nitrogens with one attached hydrogen (secondary N) is 3. The van der Waals surface area contributed by atoms with Gasteiger partial charge in [0, 0.05) is 11.4 Å². The molecule has 0 spiro atoms. The molecule has 2 amide bonds. The van der Waals surface area contributed by atoms with E-state index in [1.165, 1.54) is 11.3 Å². The van der Waals surface area contributed by atoms with Gasteiger partial charge in [0.05, 0.1) is 10.9 Å². The van der Waals surface area contributed by atoms with Crippen molar-refractivity contribution in [2.75, 3.05) is 17.2 Å². The standard InChI is InChI=1S/C17H19N3O2S.ClH/c21-16(14-4-1-2-10-18-14)19-12-6-8-13(9-7-12)20-17(22)15-5-3-11-23-15;/h3,5-9,11,14,18H,1-2,4,10H2,(H,19,21)(H,20,22);1H. The number of carbonyl (C=O) groups excluding carboxylic acids is 2. The first-order chi connectivity index (χ1) is 11.2. The largest absolute Gasteiger partial charge is 0.325 e. The minimum Gasteiger partial charge on any atom is -0.325 e. The van der Waals surface area contributed by atoms with Crippen molar-refractivity contribution in [3.05, 3.63) is 46.7 Å². The highest BCUT2D eigenvalue weighted by atomic mass is 35.5. The Morgan fingerprint density at radius 3 is 2.33 bits per heavy atom. The Labute approximate surface area is 151 Å². The number of benzene rings is 1. The summed E-state index contributed by atoms with van der Waals surface area (Å²) in [5, 5.41) is 10.8. The zero-order chi connectivity index (χ0) is 16.1. The van der Waals surface area contributed by atoms with Crippen molar-refractivity contribution in [1.29, 1.82) is 0 Å². The quantitative estimate of drug-likeness (QED) is 0.776. The average Bonchev–Trinajstić information content (AvgIpc) is 3.12. The van der Waals surface area contributed by atoms with Crippen molar-refractivity contribution in [3.8, 4) is 0 Å². The van der Waals surface area contributed by atoms with Crippen molar-refractivity contribution in [2.24, 2.45) is 0 Å². The third-order valence-electron chi connectivity index (χ3n) is 3.78. The highest BCUT2D eigenvalue weighted by molar-refractivity contribution is 7.12. The van der Waals surface area contributed by atoms with E-state index in [0.717, 1.165) is 31.5 Å². The SMILES string of the molecule is Cl.O=C(Nc1ccc(NC(=O)C2CCCCN2)cc1)c1cccs1. The summed E-state index contributed by atoms with van der Waals surface area (Å²) in [6.45, 7) is 0.895. The maximum atomic E-state index is 12.1. The molecule has 128 valence electrons. The van der Waals surface area contributed by atoms with E-state index in [0.29, 0.717) is 10.6 Å². The fourth-order valence-electron chi connectivity index (χ4n) is 2.54. The fraction of sp³-hybridized carbons (Fsp3) is 0.294. The molecule has 24 heavy (non-hydrogen) atoms. The van der Waals surface area contributed by atoms with E-state index in [-0.39, 0.29) is 30.3 Å². The molecule has 1 aliphatic heterocycles. The molecule has 5 nitrogen and oxygen atoms in total. The lowest BCUT2D eigenvalue weighted by molar-refractivity contribution is -0.118. The molecule has 0 aliphatic carbocycles. The Morgan fingerprint density at radius 2 is 1.75 bits per heavy atom. The number of thiophene rings is 1. The van der Waals surface area contributed by atoms with E-state index >= 15 is 0 Å². The van der Waals surface area contributed by atoms with Crippen LogP contribution in [0.1, 0.15) is 28.9 Å². The maximum Gasteiger partial charge on any atom is 0.265 e. The maximum absolute atomic E-state index is 12.1. The van der Waals surface area contributed by atoms with Crippen LogP contribution >= 0.6 is 23.7 Å². The lowest BCUT2D eigenvalue weighted by Gasteiger charge is -2.22. The lowest BCUT2D eigenvalue weighted by atomic mass is 10.0. The number of carbonyl (C=O) groups is 2. The summed E-state index contributed by atoms with van der Waals surface area (Å²) in [7, 11) is 0. The van der Waals surface area contributed by atoms with Gasteiger partial charge in [-0.15, -0.1) is 23.7 Å². The monoisotopic (exact) mass is 365 g/mol. The van der Waals surface area contributed by atoms with Crippen LogP contribution < -0.4 is 16.0 Å². The van der Waals surface area contributed by atoms with Gasteiger partial charge in [0.25, 0.3) is 5.91 Å². The van der Waals surface area contributed by atoms with Gasteiger partial charge >= 0.3 is 0 Å². The number of hydrogen-bond acceptors (Lipinski definition) is 4. The lowest BCUT2D eigenvalue weighted by Crippen LogP contribution is -2.43. The molecule has 1 aliphatic rings. The van der Waals surface area contributed by atoms with Gasteiger partial charge in [0.15, 0.2) is 0 Å². The molecule has 1 fully saturated rings. The van der Waals surface area contributed by atoms with Crippen molar-refractivity contribution in [1.82, 2.24) is 5.32 Å². The molecule has 2 aromatic rings. The van der Waals surface area contributed by atoms with Crippen molar-refractivity contribution in [2.45, 2.75) is 25.3 Å². The first kappa shape index (κ1) is 18.4. The number of piperidine rings is 1. The Bertz CT molecular complexity index is 668. The summed E-state index contributed by atoms with van der Waals surface area (Å²) >= 11 is 1.40. The molecule has 2 heterocycles. The zero-order valence-electron chi connectivity index (χ0n) is 13.1. The number of hydrogen-bond donors (Lipinski definition) is 3. The summed E-state index contributed by atoms with van der Waals surface area (Å²) in [5.74, 6) is -0.122. The van der Waals surface area contributed by atoms with Crippen molar-refractivity contribution in [3.63, 3.8) is 0 Å². The van der Waals surface area contributed by atoms with E-state index in [9.17, 15) is 9.59 Å². The average molecular weight is 366 g/mol. The highest BCUT2D eigenvalue weighted by Gasteiger charge is 2.20. The molecule has 7 heteroatoms. The van der Waals surface area contributed by atoms with Crippen LogP contribution in [0.3, 0.4) is 0 Å². The predicted octanol–water partition coefficient (Wildman–Crippen LogP) is 3.50. The number of amides is 2. The summed E-state index contributed by atoms with van der Waals surface area (Å²) in [6, 6.07) is 10.7. The Morgan fingerprint density at radius 1 is 1.04 bits per heavy atom. The number of anilines is 2. The minimum atomic E-state index is -0.122. The third kappa shape index (κ3) is 4.80. The van der Waals surface area contributed by atoms with Crippen LogP contribution in [0.4, 0.5) is 11.4 Å². The van der Waals surface area contributed by atoms with Crippen LogP contribution in [-0.2, 0) is 4.79 Å². The molecular formula is C17H20ClN3O2S. The third-order valence-corrected chi connectivity index (χ3v) is 4.65. The smallest absolute Gasteiger partial charge is 0.265 e. The van der Waals surface area contributed by atoms with E-state index in [1.54, 1.807) is 30.3 Å². The molecule has 0 saturated carbocycles. The van der Waals surface area contributed by atoms with Crippen LogP contribution in [0.2, 0.25) is 0 Å². The van der Waals surface area contributed by atoms with Crippen LogP contribution in [0, 0.1) is 0 Å². The zero-order valence-corrected chi connectivity index (χ0v) is 14.7. The molecular weight excluding hydrogens is 346 g/mol. The van der Waals surface area contributed by atoms with Gasteiger partial charge in [-0.05, 0) is 55.1 Å². The summed E-state index contributed by atoms with van der Waals surface area (Å²) in [6.07, 6.45) is 3.09. The predicted molar refractivity (Wildman–Crippen MR) is 100 cm³/mol. The van der Waals surface area contributed by atoms with Crippen LogP contribution in [0.25, 0.3) is 0 Å². The van der Waals surface area contributed by atoms with Gasteiger partial charge in [-0.2, -0.15) is 0 Å². The molecule has 0 radical (unpaired) electrons. The van der Waals surface area contributed by atoms with Crippen LogP contribution in [0.15, 0.2) is 41.8 Å². The molecule has 1 unspecified atom stereocenters. The summed E-state index contributed by atoms with van der Waals surface area (Å²) < 4.78 is 0. The fourth-order valence-corrected chi connectivity index (χ4v) is 3.16. The van der Waals surface area contributed by atoms with Crippen LogP contribution in [-0.4, -0.2) is 24.4 Å². The van der Waals surface area contributed by atoms with Gasteiger partial charge < -0.3 is 16.0 Å². The van der Waals surface area contributed by atoms with E-state index in [2.05, 4.69) is 16.0 Å².